The van der Waals surface area contributed by atoms with Crippen LogP contribution in [0.3, 0.4) is 0 Å². The molecule has 2 aromatic carbocycles. The number of fused-ring (bicyclic) bond motifs is 1. The Morgan fingerprint density at radius 1 is 1.08 bits per heavy atom. The third-order valence-corrected chi connectivity index (χ3v) is 4.54. The molecule has 3 rings (SSSR count). The lowest BCUT2D eigenvalue weighted by atomic mass is 9.99. The Bertz CT molecular complexity index is 794. The van der Waals surface area contributed by atoms with E-state index in [0.29, 0.717) is 11.3 Å². The van der Waals surface area contributed by atoms with Gasteiger partial charge in [-0.25, -0.2) is 0 Å². The summed E-state index contributed by atoms with van der Waals surface area (Å²) < 4.78 is 0. The van der Waals surface area contributed by atoms with Crippen molar-refractivity contribution in [3.63, 3.8) is 0 Å². The Hall–Kier alpha value is -2.62. The minimum Gasteiger partial charge on any atom is -0.322 e. The van der Waals surface area contributed by atoms with E-state index in [1.165, 1.54) is 0 Å². The van der Waals surface area contributed by atoms with Crippen LogP contribution >= 0.6 is 0 Å². The standard InChI is InChI=1S/C21H24N2O2/c1-14(2)21(25)23-12-4-5-16-10-11-18(13-19(16)23)22-20(24)17-8-6-15(3)7-9-17/h6-11,13-14H,4-5,12H2,1-3H3,(H,22,24). The van der Waals surface area contributed by atoms with Crippen molar-refractivity contribution in [2.45, 2.75) is 33.6 Å². The molecule has 0 saturated carbocycles. The van der Waals surface area contributed by atoms with E-state index in [0.717, 1.165) is 36.2 Å². The molecule has 0 aromatic heterocycles. The van der Waals surface area contributed by atoms with Gasteiger partial charge in [-0.15, -0.1) is 0 Å². The molecule has 1 N–H and O–H groups in total. The van der Waals surface area contributed by atoms with E-state index in [4.69, 9.17) is 0 Å². The van der Waals surface area contributed by atoms with Gasteiger partial charge in [-0.3, -0.25) is 9.59 Å². The molecular formula is C21H24N2O2. The number of anilines is 2. The van der Waals surface area contributed by atoms with Crippen molar-refractivity contribution < 1.29 is 9.59 Å². The van der Waals surface area contributed by atoms with Crippen molar-refractivity contribution in [3.8, 4) is 0 Å². The number of nitrogens with one attached hydrogen (secondary N) is 1. The molecule has 0 saturated heterocycles. The summed E-state index contributed by atoms with van der Waals surface area (Å²) in [6, 6.07) is 13.3. The number of aryl methyl sites for hydroxylation is 2. The zero-order valence-electron chi connectivity index (χ0n) is 15.0. The number of carbonyl (C=O) groups excluding carboxylic acids is 2. The summed E-state index contributed by atoms with van der Waals surface area (Å²) in [5.74, 6) is -0.0581. The van der Waals surface area contributed by atoms with Gasteiger partial charge in [0.05, 0.1) is 0 Å². The summed E-state index contributed by atoms with van der Waals surface area (Å²) in [6.07, 6.45) is 1.93. The lowest BCUT2D eigenvalue weighted by molar-refractivity contribution is -0.121. The summed E-state index contributed by atoms with van der Waals surface area (Å²) in [5.41, 5.74) is 4.54. The molecule has 1 aliphatic rings. The number of hydrogen-bond donors (Lipinski definition) is 1. The molecule has 2 amide bonds. The van der Waals surface area contributed by atoms with E-state index < -0.39 is 0 Å². The summed E-state index contributed by atoms with van der Waals surface area (Å²) >= 11 is 0. The van der Waals surface area contributed by atoms with Gasteiger partial charge in [0.2, 0.25) is 5.91 Å². The minimum absolute atomic E-state index is 0.0447. The van der Waals surface area contributed by atoms with E-state index in [1.807, 2.05) is 68.1 Å². The van der Waals surface area contributed by atoms with Gasteiger partial charge >= 0.3 is 0 Å². The van der Waals surface area contributed by atoms with Crippen LogP contribution < -0.4 is 10.2 Å². The summed E-state index contributed by atoms with van der Waals surface area (Å²) in [7, 11) is 0. The van der Waals surface area contributed by atoms with Crippen LogP contribution in [0.15, 0.2) is 42.5 Å². The van der Waals surface area contributed by atoms with Crippen LogP contribution in [0.25, 0.3) is 0 Å². The molecule has 2 aromatic rings. The summed E-state index contributed by atoms with van der Waals surface area (Å²) in [6.45, 7) is 6.56. The van der Waals surface area contributed by atoms with Crippen LogP contribution in [-0.4, -0.2) is 18.4 Å². The number of carbonyl (C=O) groups is 2. The first kappa shape index (κ1) is 17.2. The Balaban J connectivity index is 1.84. The van der Waals surface area contributed by atoms with Crippen LogP contribution in [0.1, 0.15) is 41.8 Å². The second-order valence-corrected chi connectivity index (χ2v) is 6.91. The molecular weight excluding hydrogens is 312 g/mol. The molecule has 4 heteroatoms. The first-order valence-corrected chi connectivity index (χ1v) is 8.78. The molecule has 4 nitrogen and oxygen atoms in total. The number of benzene rings is 2. The van der Waals surface area contributed by atoms with Gasteiger partial charge in [0, 0.05) is 29.4 Å². The molecule has 0 unspecified atom stereocenters. The maximum absolute atomic E-state index is 12.5. The van der Waals surface area contributed by atoms with Crippen molar-refractivity contribution in [3.05, 3.63) is 59.2 Å². The molecule has 0 atom stereocenters. The van der Waals surface area contributed by atoms with Crippen molar-refractivity contribution in [2.24, 2.45) is 5.92 Å². The average Bonchev–Trinajstić information content (AvgIpc) is 2.61. The quantitative estimate of drug-likeness (QED) is 0.914. The fourth-order valence-electron chi connectivity index (χ4n) is 3.10. The highest BCUT2D eigenvalue weighted by molar-refractivity contribution is 6.05. The Kier molecular flexibility index (Phi) is 4.88. The van der Waals surface area contributed by atoms with E-state index >= 15 is 0 Å². The van der Waals surface area contributed by atoms with Crippen LogP contribution in [0.2, 0.25) is 0 Å². The van der Waals surface area contributed by atoms with Crippen molar-refractivity contribution in [1.82, 2.24) is 0 Å². The third-order valence-electron chi connectivity index (χ3n) is 4.54. The van der Waals surface area contributed by atoms with Gasteiger partial charge in [0.25, 0.3) is 5.91 Å². The highest BCUT2D eigenvalue weighted by Crippen LogP contribution is 2.31. The monoisotopic (exact) mass is 336 g/mol. The summed E-state index contributed by atoms with van der Waals surface area (Å²) in [4.78, 5) is 26.8. The molecule has 0 fully saturated rings. The van der Waals surface area contributed by atoms with Crippen molar-refractivity contribution >= 4 is 23.2 Å². The number of rotatable bonds is 3. The second kappa shape index (κ2) is 7.09. The first-order valence-electron chi connectivity index (χ1n) is 8.78. The molecule has 1 aliphatic heterocycles. The summed E-state index contributed by atoms with van der Waals surface area (Å²) in [5, 5.41) is 2.94. The topological polar surface area (TPSA) is 49.4 Å². The molecule has 0 bridgehead atoms. The maximum Gasteiger partial charge on any atom is 0.255 e. The zero-order chi connectivity index (χ0) is 18.0. The van der Waals surface area contributed by atoms with E-state index in [1.54, 1.807) is 0 Å². The normalized spacial score (nSPS) is 13.5. The van der Waals surface area contributed by atoms with Gasteiger partial charge in [-0.2, -0.15) is 0 Å². The highest BCUT2D eigenvalue weighted by atomic mass is 16.2. The Morgan fingerprint density at radius 3 is 2.48 bits per heavy atom. The smallest absolute Gasteiger partial charge is 0.255 e. The van der Waals surface area contributed by atoms with Gasteiger partial charge in [0.15, 0.2) is 0 Å². The maximum atomic E-state index is 12.5. The largest absolute Gasteiger partial charge is 0.322 e. The van der Waals surface area contributed by atoms with Crippen LogP contribution in [0, 0.1) is 12.8 Å². The highest BCUT2D eigenvalue weighted by Gasteiger charge is 2.24. The van der Waals surface area contributed by atoms with Crippen LogP contribution in [0.5, 0.6) is 0 Å². The first-order chi connectivity index (χ1) is 12.0. The predicted octanol–water partition coefficient (Wildman–Crippen LogP) is 4.18. The number of amides is 2. The molecule has 0 radical (unpaired) electrons. The van der Waals surface area contributed by atoms with Crippen LogP contribution in [-0.2, 0) is 11.2 Å². The molecule has 130 valence electrons. The van der Waals surface area contributed by atoms with Gasteiger partial charge in [0.1, 0.15) is 0 Å². The van der Waals surface area contributed by atoms with E-state index in [2.05, 4.69) is 5.32 Å². The Labute approximate surface area is 148 Å². The Morgan fingerprint density at radius 2 is 1.80 bits per heavy atom. The fraction of sp³-hybridized carbons (Fsp3) is 0.333. The van der Waals surface area contributed by atoms with E-state index in [-0.39, 0.29) is 17.7 Å². The molecule has 0 aliphatic carbocycles. The molecule has 0 spiro atoms. The van der Waals surface area contributed by atoms with Gasteiger partial charge in [-0.1, -0.05) is 37.6 Å². The van der Waals surface area contributed by atoms with E-state index in [9.17, 15) is 9.59 Å². The number of nitrogens with zero attached hydrogens (tertiary/aromatic N) is 1. The molecule has 25 heavy (non-hydrogen) atoms. The van der Waals surface area contributed by atoms with Crippen molar-refractivity contribution in [2.75, 3.05) is 16.8 Å². The lowest BCUT2D eigenvalue weighted by Crippen LogP contribution is -2.38. The average molecular weight is 336 g/mol. The lowest BCUT2D eigenvalue weighted by Gasteiger charge is -2.31. The van der Waals surface area contributed by atoms with Crippen LogP contribution in [0.4, 0.5) is 11.4 Å². The third kappa shape index (κ3) is 3.73. The zero-order valence-corrected chi connectivity index (χ0v) is 15.0. The second-order valence-electron chi connectivity index (χ2n) is 6.91. The molecule has 1 heterocycles. The fourth-order valence-corrected chi connectivity index (χ4v) is 3.10. The van der Waals surface area contributed by atoms with Gasteiger partial charge in [-0.05, 0) is 49.6 Å². The SMILES string of the molecule is Cc1ccc(C(=O)Nc2ccc3c(c2)N(C(=O)C(C)C)CCC3)cc1. The predicted molar refractivity (Wildman–Crippen MR) is 101 cm³/mol. The van der Waals surface area contributed by atoms with Gasteiger partial charge < -0.3 is 10.2 Å². The minimum atomic E-state index is -0.141. The number of hydrogen-bond acceptors (Lipinski definition) is 2. The van der Waals surface area contributed by atoms with Crippen molar-refractivity contribution in [1.29, 1.82) is 0 Å².